The summed E-state index contributed by atoms with van der Waals surface area (Å²) in [5.74, 6) is 1.29. The molecule has 0 saturated carbocycles. The lowest BCUT2D eigenvalue weighted by Gasteiger charge is -2.07. The summed E-state index contributed by atoms with van der Waals surface area (Å²) in [4.78, 5) is 15.8. The van der Waals surface area contributed by atoms with E-state index in [2.05, 4.69) is 25.6 Å². The molecule has 8 nitrogen and oxygen atoms in total. The highest BCUT2D eigenvalue weighted by Gasteiger charge is 2.06. The number of aromatic nitrogens is 6. The van der Waals surface area contributed by atoms with Gasteiger partial charge in [0.1, 0.15) is 11.6 Å². The molecule has 0 aromatic carbocycles. The fraction of sp³-hybridized carbons (Fsp3) is 0.333. The van der Waals surface area contributed by atoms with Gasteiger partial charge in [-0.25, -0.2) is 19.3 Å². The van der Waals surface area contributed by atoms with Crippen LogP contribution in [0.15, 0.2) is 23.3 Å². The Morgan fingerprint density at radius 1 is 1.40 bits per heavy atom. The van der Waals surface area contributed by atoms with E-state index in [0.717, 1.165) is 12.1 Å². The van der Waals surface area contributed by atoms with E-state index in [-0.39, 0.29) is 5.69 Å². The largest absolute Gasteiger partial charge is 0.368 e. The summed E-state index contributed by atoms with van der Waals surface area (Å²) in [7, 11) is 0. The van der Waals surface area contributed by atoms with Gasteiger partial charge in [-0.1, -0.05) is 0 Å². The van der Waals surface area contributed by atoms with Crippen LogP contribution < -0.4 is 11.0 Å². The van der Waals surface area contributed by atoms with Crippen molar-refractivity contribution in [1.29, 1.82) is 0 Å². The van der Waals surface area contributed by atoms with Crippen LogP contribution >= 0.6 is 0 Å². The van der Waals surface area contributed by atoms with E-state index in [1.165, 1.54) is 4.40 Å². The second kappa shape index (κ2) is 4.80. The second-order valence-corrected chi connectivity index (χ2v) is 4.62. The van der Waals surface area contributed by atoms with Crippen molar-refractivity contribution in [3.8, 4) is 0 Å². The number of aryl methyl sites for hydroxylation is 2. The maximum Gasteiger partial charge on any atom is 0.349 e. The van der Waals surface area contributed by atoms with Crippen LogP contribution in [-0.2, 0) is 6.54 Å². The van der Waals surface area contributed by atoms with Crippen LogP contribution in [0.25, 0.3) is 5.65 Å². The van der Waals surface area contributed by atoms with Gasteiger partial charge < -0.3 is 5.32 Å². The molecule has 0 saturated heterocycles. The van der Waals surface area contributed by atoms with Crippen molar-refractivity contribution in [2.24, 2.45) is 0 Å². The third-order valence-corrected chi connectivity index (χ3v) is 2.98. The lowest BCUT2D eigenvalue weighted by atomic mass is 10.4. The molecule has 0 atom stereocenters. The van der Waals surface area contributed by atoms with Gasteiger partial charge in [0.15, 0.2) is 5.65 Å². The molecule has 8 heteroatoms. The Morgan fingerprint density at radius 2 is 2.25 bits per heavy atom. The first kappa shape index (κ1) is 12.4. The third-order valence-electron chi connectivity index (χ3n) is 2.98. The molecule has 3 aromatic rings. The second-order valence-electron chi connectivity index (χ2n) is 4.62. The van der Waals surface area contributed by atoms with Gasteiger partial charge in [0.25, 0.3) is 0 Å². The topological polar surface area (TPSA) is 92.9 Å². The zero-order valence-corrected chi connectivity index (χ0v) is 11.3. The fourth-order valence-electron chi connectivity index (χ4n) is 2.08. The SMILES string of the molecule is Cc1cnn(CCNc2cc3n[nH]c(=O)n3c(C)n2)c1. The van der Waals surface area contributed by atoms with Crippen molar-refractivity contribution in [2.45, 2.75) is 20.4 Å². The maximum atomic E-state index is 11.5. The number of rotatable bonds is 4. The van der Waals surface area contributed by atoms with Gasteiger partial charge in [0, 0.05) is 18.8 Å². The highest BCUT2D eigenvalue weighted by molar-refractivity contribution is 5.49. The molecule has 0 spiro atoms. The van der Waals surface area contributed by atoms with Gasteiger partial charge in [-0.15, -0.1) is 0 Å². The van der Waals surface area contributed by atoms with Crippen LogP contribution in [0, 0.1) is 13.8 Å². The van der Waals surface area contributed by atoms with Crippen LogP contribution in [0.2, 0.25) is 0 Å². The zero-order valence-electron chi connectivity index (χ0n) is 11.3. The van der Waals surface area contributed by atoms with E-state index in [1.807, 2.05) is 24.0 Å². The van der Waals surface area contributed by atoms with E-state index in [4.69, 9.17) is 0 Å². The number of nitrogens with one attached hydrogen (secondary N) is 2. The van der Waals surface area contributed by atoms with Crippen molar-refractivity contribution in [2.75, 3.05) is 11.9 Å². The molecule has 0 aliphatic heterocycles. The molecule has 0 aliphatic rings. The highest BCUT2D eigenvalue weighted by atomic mass is 16.1. The van der Waals surface area contributed by atoms with Crippen LogP contribution in [0.3, 0.4) is 0 Å². The predicted octanol–water partition coefficient (Wildman–Crippen LogP) is 0.343. The average Bonchev–Trinajstić information content (AvgIpc) is 2.97. The highest BCUT2D eigenvalue weighted by Crippen LogP contribution is 2.07. The van der Waals surface area contributed by atoms with Crippen molar-refractivity contribution in [3.05, 3.63) is 40.3 Å². The van der Waals surface area contributed by atoms with E-state index >= 15 is 0 Å². The zero-order chi connectivity index (χ0) is 14.1. The molecule has 3 aromatic heterocycles. The summed E-state index contributed by atoms with van der Waals surface area (Å²) in [6.45, 7) is 5.21. The van der Waals surface area contributed by atoms with Crippen LogP contribution in [0.5, 0.6) is 0 Å². The first-order chi connectivity index (χ1) is 9.63. The Labute approximate surface area is 114 Å². The lowest BCUT2D eigenvalue weighted by Crippen LogP contribution is -2.15. The third kappa shape index (κ3) is 2.27. The van der Waals surface area contributed by atoms with Gasteiger partial charge in [-0.05, 0) is 19.4 Å². The Kier molecular flexibility index (Phi) is 2.97. The minimum Gasteiger partial charge on any atom is -0.368 e. The van der Waals surface area contributed by atoms with Crippen LogP contribution in [0.1, 0.15) is 11.4 Å². The number of hydrogen-bond donors (Lipinski definition) is 2. The first-order valence-electron chi connectivity index (χ1n) is 6.31. The van der Waals surface area contributed by atoms with Crippen molar-refractivity contribution < 1.29 is 0 Å². The average molecular weight is 273 g/mol. The van der Waals surface area contributed by atoms with Crippen molar-refractivity contribution >= 4 is 11.5 Å². The first-order valence-corrected chi connectivity index (χ1v) is 6.31. The molecule has 0 unspecified atom stereocenters. The Balaban J connectivity index is 1.73. The van der Waals surface area contributed by atoms with E-state index in [0.29, 0.717) is 23.8 Å². The molecule has 20 heavy (non-hydrogen) atoms. The number of fused-ring (bicyclic) bond motifs is 1. The summed E-state index contributed by atoms with van der Waals surface area (Å²) in [6, 6.07) is 1.74. The molecular weight excluding hydrogens is 258 g/mol. The monoisotopic (exact) mass is 273 g/mol. The number of anilines is 1. The smallest absolute Gasteiger partial charge is 0.349 e. The van der Waals surface area contributed by atoms with Crippen LogP contribution in [-0.4, -0.2) is 35.9 Å². The molecule has 104 valence electrons. The molecule has 0 fully saturated rings. The summed E-state index contributed by atoms with van der Waals surface area (Å²) >= 11 is 0. The van der Waals surface area contributed by atoms with Crippen molar-refractivity contribution in [1.82, 2.24) is 29.4 Å². The Hall–Kier alpha value is -2.64. The molecule has 0 bridgehead atoms. The lowest BCUT2D eigenvalue weighted by molar-refractivity contribution is 0.636. The number of H-pyrrole nitrogens is 1. The quantitative estimate of drug-likeness (QED) is 0.715. The standard InChI is InChI=1S/C12H15N7O/c1-8-6-14-18(7-8)4-3-13-10-5-11-16-17-12(20)19(11)9(2)15-10/h5-7,13H,3-4H2,1-2H3,(H,17,20). The number of aromatic amines is 1. The number of hydrogen-bond acceptors (Lipinski definition) is 5. The Bertz CT molecular complexity index is 798. The normalized spacial score (nSPS) is 11.1. The van der Waals surface area contributed by atoms with E-state index < -0.39 is 0 Å². The minimum atomic E-state index is -0.274. The molecule has 0 radical (unpaired) electrons. The van der Waals surface area contributed by atoms with E-state index in [9.17, 15) is 4.79 Å². The van der Waals surface area contributed by atoms with Gasteiger partial charge in [-0.2, -0.15) is 10.2 Å². The fourth-order valence-corrected chi connectivity index (χ4v) is 2.08. The minimum absolute atomic E-state index is 0.274. The molecule has 2 N–H and O–H groups in total. The molecule has 0 amide bonds. The summed E-state index contributed by atoms with van der Waals surface area (Å²) in [6.07, 6.45) is 3.81. The predicted molar refractivity (Wildman–Crippen MR) is 73.8 cm³/mol. The van der Waals surface area contributed by atoms with Gasteiger partial charge >= 0.3 is 5.69 Å². The molecular formula is C12H15N7O. The summed E-state index contributed by atoms with van der Waals surface area (Å²) in [5, 5.41) is 13.8. The molecule has 3 rings (SSSR count). The van der Waals surface area contributed by atoms with Gasteiger partial charge in [-0.3, -0.25) is 4.68 Å². The summed E-state index contributed by atoms with van der Waals surface area (Å²) < 4.78 is 3.30. The van der Waals surface area contributed by atoms with E-state index in [1.54, 1.807) is 13.0 Å². The van der Waals surface area contributed by atoms with Gasteiger partial charge in [0.05, 0.1) is 12.7 Å². The molecule has 0 aliphatic carbocycles. The van der Waals surface area contributed by atoms with Gasteiger partial charge in [0.2, 0.25) is 0 Å². The number of nitrogens with zero attached hydrogens (tertiary/aromatic N) is 5. The van der Waals surface area contributed by atoms with Crippen molar-refractivity contribution in [3.63, 3.8) is 0 Å². The Morgan fingerprint density at radius 3 is 3.00 bits per heavy atom. The summed E-state index contributed by atoms with van der Waals surface area (Å²) in [5.41, 5.74) is 1.42. The maximum absolute atomic E-state index is 11.5. The van der Waals surface area contributed by atoms with Crippen LogP contribution in [0.4, 0.5) is 5.82 Å². The molecule has 3 heterocycles.